The number of nitrogens with zero attached hydrogens (tertiary/aromatic N) is 2. The summed E-state index contributed by atoms with van der Waals surface area (Å²) in [6, 6.07) is 13.1. The van der Waals surface area contributed by atoms with Gasteiger partial charge < -0.3 is 15.4 Å². The lowest BCUT2D eigenvalue weighted by atomic mass is 10.1. The molecule has 0 radical (unpaired) electrons. The van der Waals surface area contributed by atoms with Gasteiger partial charge in [-0.25, -0.2) is 0 Å². The number of hydrogen-bond acceptors (Lipinski definition) is 4. The van der Waals surface area contributed by atoms with Gasteiger partial charge >= 0.3 is 5.97 Å². The quantitative estimate of drug-likeness (QED) is 0.529. The molecule has 2 aromatic carbocycles. The van der Waals surface area contributed by atoms with E-state index in [0.29, 0.717) is 6.54 Å². The zero-order chi connectivity index (χ0) is 18.0. The Morgan fingerprint density at radius 2 is 1.88 bits per heavy atom. The first-order chi connectivity index (χ1) is 12.0. The predicted molar refractivity (Wildman–Crippen MR) is 93.5 cm³/mol. The average molecular weight is 339 g/mol. The number of benzene rings is 2. The maximum Gasteiger partial charge on any atom is 0.320 e. The van der Waals surface area contributed by atoms with E-state index in [1.165, 1.54) is 12.1 Å². The molecule has 0 bridgehead atoms. The van der Waals surface area contributed by atoms with Gasteiger partial charge in [0, 0.05) is 42.2 Å². The number of fused-ring (bicyclic) bond motifs is 1. The molecule has 0 saturated heterocycles. The van der Waals surface area contributed by atoms with Gasteiger partial charge in [-0.15, -0.1) is 0 Å². The normalized spacial score (nSPS) is 12.2. The largest absolute Gasteiger partial charge is 0.480 e. The summed E-state index contributed by atoms with van der Waals surface area (Å²) in [5.74, 6) is -1.03. The Balaban J connectivity index is 1.93. The van der Waals surface area contributed by atoms with E-state index in [1.54, 1.807) is 12.1 Å². The molecule has 1 aromatic heterocycles. The van der Waals surface area contributed by atoms with Gasteiger partial charge in [0.1, 0.15) is 6.04 Å². The van der Waals surface area contributed by atoms with Crippen LogP contribution in [0.4, 0.5) is 5.69 Å². The summed E-state index contributed by atoms with van der Waals surface area (Å²) in [5.41, 5.74) is 8.48. The van der Waals surface area contributed by atoms with Crippen LogP contribution in [0.15, 0.2) is 54.7 Å². The van der Waals surface area contributed by atoms with Crippen LogP contribution in [-0.4, -0.2) is 26.6 Å². The number of nitro groups is 1. The number of aromatic nitrogens is 1. The number of carboxylic acid groups (broad SMARTS) is 1. The Morgan fingerprint density at radius 1 is 1.20 bits per heavy atom. The van der Waals surface area contributed by atoms with Gasteiger partial charge in [0.15, 0.2) is 0 Å². The molecule has 0 aliphatic carbocycles. The van der Waals surface area contributed by atoms with Gasteiger partial charge in [-0.3, -0.25) is 14.9 Å². The van der Waals surface area contributed by atoms with Crippen molar-refractivity contribution in [3.8, 4) is 0 Å². The lowest BCUT2D eigenvalue weighted by Gasteiger charge is -2.05. The second kappa shape index (κ2) is 6.74. The van der Waals surface area contributed by atoms with Crippen LogP contribution >= 0.6 is 0 Å². The van der Waals surface area contributed by atoms with Crippen LogP contribution in [0.5, 0.6) is 0 Å². The van der Waals surface area contributed by atoms with Crippen molar-refractivity contribution in [2.24, 2.45) is 5.73 Å². The van der Waals surface area contributed by atoms with Gasteiger partial charge in [0.05, 0.1) is 4.92 Å². The van der Waals surface area contributed by atoms with Crippen LogP contribution in [0.1, 0.15) is 11.1 Å². The zero-order valence-corrected chi connectivity index (χ0v) is 13.3. The van der Waals surface area contributed by atoms with E-state index in [1.807, 2.05) is 35.0 Å². The minimum Gasteiger partial charge on any atom is -0.480 e. The molecule has 0 spiro atoms. The van der Waals surface area contributed by atoms with E-state index in [9.17, 15) is 14.9 Å². The Kier molecular flexibility index (Phi) is 4.49. The molecule has 7 heteroatoms. The fourth-order valence-corrected chi connectivity index (χ4v) is 2.86. The van der Waals surface area contributed by atoms with Crippen molar-refractivity contribution in [1.29, 1.82) is 0 Å². The average Bonchev–Trinajstić information content (AvgIpc) is 2.93. The molecule has 3 N–H and O–H groups in total. The summed E-state index contributed by atoms with van der Waals surface area (Å²) >= 11 is 0. The molecule has 1 heterocycles. The molecule has 3 rings (SSSR count). The number of rotatable bonds is 6. The first-order valence-corrected chi connectivity index (χ1v) is 7.74. The molecule has 1 unspecified atom stereocenters. The first-order valence-electron chi connectivity index (χ1n) is 7.74. The monoisotopic (exact) mass is 339 g/mol. The number of non-ortho nitro benzene ring substituents is 1. The van der Waals surface area contributed by atoms with E-state index in [0.717, 1.165) is 22.0 Å². The highest BCUT2D eigenvalue weighted by Crippen LogP contribution is 2.24. The molecule has 7 nitrogen and oxygen atoms in total. The lowest BCUT2D eigenvalue weighted by Crippen LogP contribution is -2.32. The number of carboxylic acids is 1. The first kappa shape index (κ1) is 16.7. The number of nitrogens with two attached hydrogens (primary N) is 1. The van der Waals surface area contributed by atoms with Crippen LogP contribution in [0, 0.1) is 10.1 Å². The summed E-state index contributed by atoms with van der Waals surface area (Å²) in [6.07, 6.45) is 2.14. The van der Waals surface area contributed by atoms with E-state index in [-0.39, 0.29) is 12.1 Å². The van der Waals surface area contributed by atoms with E-state index < -0.39 is 16.9 Å². The SMILES string of the molecule is NC(Cc1cn(Cc2ccc([N+](=O)[O-])cc2)c2ccccc12)C(=O)O. The lowest BCUT2D eigenvalue weighted by molar-refractivity contribution is -0.384. The summed E-state index contributed by atoms with van der Waals surface area (Å²) in [4.78, 5) is 21.4. The van der Waals surface area contributed by atoms with Crippen molar-refractivity contribution in [3.63, 3.8) is 0 Å². The Bertz CT molecular complexity index is 931. The third-order valence-corrected chi connectivity index (χ3v) is 4.13. The van der Waals surface area contributed by atoms with Crippen LogP contribution in [0.2, 0.25) is 0 Å². The topological polar surface area (TPSA) is 111 Å². The number of carbonyl (C=O) groups is 1. The highest BCUT2D eigenvalue weighted by atomic mass is 16.6. The smallest absolute Gasteiger partial charge is 0.320 e. The summed E-state index contributed by atoms with van der Waals surface area (Å²) in [5, 5.41) is 20.7. The number of para-hydroxylation sites is 1. The van der Waals surface area contributed by atoms with E-state index >= 15 is 0 Å². The van der Waals surface area contributed by atoms with Gasteiger partial charge in [-0.1, -0.05) is 30.3 Å². The molecular formula is C18H17N3O4. The summed E-state index contributed by atoms with van der Waals surface area (Å²) in [6.45, 7) is 0.529. The van der Waals surface area contributed by atoms with Gasteiger partial charge in [-0.05, 0) is 17.2 Å². The van der Waals surface area contributed by atoms with Crippen molar-refractivity contribution in [3.05, 3.63) is 76.0 Å². The van der Waals surface area contributed by atoms with Gasteiger partial charge in [0.25, 0.3) is 5.69 Å². The Morgan fingerprint density at radius 3 is 2.52 bits per heavy atom. The molecule has 25 heavy (non-hydrogen) atoms. The predicted octanol–water partition coefficient (Wildman–Crippen LogP) is 2.55. The Hall–Kier alpha value is -3.19. The fourth-order valence-electron chi connectivity index (χ4n) is 2.86. The molecule has 128 valence electrons. The second-order valence-corrected chi connectivity index (χ2v) is 5.87. The fraction of sp³-hybridized carbons (Fsp3) is 0.167. The minimum atomic E-state index is -1.03. The minimum absolute atomic E-state index is 0.0502. The molecule has 0 aliphatic heterocycles. The maximum atomic E-state index is 11.0. The zero-order valence-electron chi connectivity index (χ0n) is 13.3. The molecule has 0 aliphatic rings. The van der Waals surface area contributed by atoms with Crippen molar-refractivity contribution in [2.45, 2.75) is 19.0 Å². The van der Waals surface area contributed by atoms with E-state index in [4.69, 9.17) is 10.8 Å². The molecule has 0 amide bonds. The van der Waals surface area contributed by atoms with Crippen LogP contribution in [0.25, 0.3) is 10.9 Å². The van der Waals surface area contributed by atoms with E-state index in [2.05, 4.69) is 0 Å². The van der Waals surface area contributed by atoms with Crippen molar-refractivity contribution in [1.82, 2.24) is 4.57 Å². The standard InChI is InChI=1S/C18H17N3O4/c19-16(18(22)23)9-13-11-20(17-4-2-1-3-15(13)17)10-12-5-7-14(8-6-12)21(24)25/h1-8,11,16H,9-10,19H2,(H,22,23). The third kappa shape index (κ3) is 3.51. The highest BCUT2D eigenvalue weighted by Gasteiger charge is 2.16. The molecule has 1 atom stereocenters. The molecule has 0 fully saturated rings. The molecular weight excluding hydrogens is 322 g/mol. The summed E-state index contributed by atoms with van der Waals surface area (Å²) in [7, 11) is 0. The third-order valence-electron chi connectivity index (χ3n) is 4.13. The second-order valence-electron chi connectivity index (χ2n) is 5.87. The summed E-state index contributed by atoms with van der Waals surface area (Å²) < 4.78 is 2.00. The van der Waals surface area contributed by atoms with Crippen molar-refractivity contribution in [2.75, 3.05) is 0 Å². The van der Waals surface area contributed by atoms with Crippen molar-refractivity contribution >= 4 is 22.6 Å². The Labute approximate surface area is 143 Å². The number of hydrogen-bond donors (Lipinski definition) is 2. The van der Waals surface area contributed by atoms with Crippen LogP contribution in [0.3, 0.4) is 0 Å². The van der Waals surface area contributed by atoms with Gasteiger partial charge in [-0.2, -0.15) is 0 Å². The van der Waals surface area contributed by atoms with Crippen molar-refractivity contribution < 1.29 is 14.8 Å². The number of aliphatic carboxylic acids is 1. The molecule has 3 aromatic rings. The molecule has 0 saturated carbocycles. The van der Waals surface area contributed by atoms with Crippen LogP contribution < -0.4 is 5.73 Å². The highest BCUT2D eigenvalue weighted by molar-refractivity contribution is 5.85. The van der Waals surface area contributed by atoms with Gasteiger partial charge in [0.2, 0.25) is 0 Å². The number of nitro benzene ring substituents is 1. The maximum absolute atomic E-state index is 11.0. The van der Waals surface area contributed by atoms with Crippen LogP contribution in [-0.2, 0) is 17.8 Å².